The van der Waals surface area contributed by atoms with Gasteiger partial charge in [-0.05, 0) is 49.8 Å². The maximum atomic E-state index is 13.3. The van der Waals surface area contributed by atoms with E-state index >= 15 is 0 Å². The topological polar surface area (TPSA) is 55.1 Å². The van der Waals surface area contributed by atoms with E-state index in [1.165, 1.54) is 18.2 Å². The Bertz CT molecular complexity index is 478. The van der Waals surface area contributed by atoms with Crippen LogP contribution in [0.1, 0.15) is 32.6 Å². The molecule has 0 aliphatic heterocycles. The summed E-state index contributed by atoms with van der Waals surface area (Å²) < 4.78 is 13.3. The van der Waals surface area contributed by atoms with Crippen molar-refractivity contribution in [2.75, 3.05) is 11.9 Å². The fourth-order valence-electron chi connectivity index (χ4n) is 2.73. The molecule has 0 atom stereocenters. The zero-order valence-electron chi connectivity index (χ0n) is 11.6. The molecule has 0 heterocycles. The fourth-order valence-corrected chi connectivity index (χ4v) is 2.95. The highest BCUT2D eigenvalue weighted by Crippen LogP contribution is 2.39. The first-order chi connectivity index (χ1) is 9.45. The molecule has 5 heteroatoms. The van der Waals surface area contributed by atoms with Crippen molar-refractivity contribution in [2.45, 2.75) is 32.6 Å². The minimum absolute atomic E-state index is 0.131. The third-order valence-electron chi connectivity index (χ3n) is 4.22. The number of nitrogens with one attached hydrogen (secondary N) is 1. The van der Waals surface area contributed by atoms with Gasteiger partial charge in [0.1, 0.15) is 5.82 Å². The van der Waals surface area contributed by atoms with E-state index in [-0.39, 0.29) is 10.9 Å². The summed E-state index contributed by atoms with van der Waals surface area (Å²) in [5.74, 6) is 0.0338. The van der Waals surface area contributed by atoms with Crippen molar-refractivity contribution in [3.8, 4) is 0 Å². The molecule has 1 fully saturated rings. The number of hydrogen-bond donors (Lipinski definition) is 2. The lowest BCUT2D eigenvalue weighted by Gasteiger charge is -2.37. The minimum atomic E-state index is -0.536. The van der Waals surface area contributed by atoms with Crippen LogP contribution in [0.4, 0.5) is 10.1 Å². The van der Waals surface area contributed by atoms with E-state index in [0.29, 0.717) is 18.2 Å². The molecule has 1 saturated carbocycles. The highest BCUT2D eigenvalue weighted by molar-refractivity contribution is 6.30. The van der Waals surface area contributed by atoms with Crippen LogP contribution in [0, 0.1) is 17.2 Å². The van der Waals surface area contributed by atoms with Crippen LogP contribution in [0.25, 0.3) is 0 Å². The quantitative estimate of drug-likeness (QED) is 0.896. The Labute approximate surface area is 123 Å². The van der Waals surface area contributed by atoms with Gasteiger partial charge in [0.15, 0.2) is 0 Å². The Morgan fingerprint density at radius 3 is 2.65 bits per heavy atom. The lowest BCUT2D eigenvalue weighted by atomic mass is 9.70. The van der Waals surface area contributed by atoms with E-state index in [0.717, 1.165) is 25.7 Å². The van der Waals surface area contributed by atoms with Crippen molar-refractivity contribution < 1.29 is 9.18 Å². The van der Waals surface area contributed by atoms with Crippen molar-refractivity contribution in [3.05, 3.63) is 29.0 Å². The summed E-state index contributed by atoms with van der Waals surface area (Å²) in [5, 5.41) is 3.02. The highest BCUT2D eigenvalue weighted by atomic mass is 35.5. The lowest BCUT2D eigenvalue weighted by Crippen LogP contribution is -2.44. The van der Waals surface area contributed by atoms with E-state index in [2.05, 4.69) is 12.2 Å². The third-order valence-corrected chi connectivity index (χ3v) is 4.44. The molecular weight excluding hydrogens is 279 g/mol. The van der Waals surface area contributed by atoms with Crippen LogP contribution in [0.5, 0.6) is 0 Å². The van der Waals surface area contributed by atoms with E-state index in [1.807, 2.05) is 0 Å². The Balaban J connectivity index is 2.13. The molecule has 1 aromatic rings. The molecule has 0 spiro atoms. The van der Waals surface area contributed by atoms with Crippen molar-refractivity contribution in [2.24, 2.45) is 17.1 Å². The average Bonchev–Trinajstić information content (AvgIpc) is 2.38. The van der Waals surface area contributed by atoms with Gasteiger partial charge in [-0.15, -0.1) is 0 Å². The van der Waals surface area contributed by atoms with Crippen LogP contribution in [0.15, 0.2) is 18.2 Å². The molecule has 0 saturated heterocycles. The standard InChI is InChI=1S/C15H20ClFN2O/c1-10-2-4-15(9-18,5-3-10)14(20)19-13-7-11(16)6-12(17)8-13/h6-8,10H,2-5,9,18H2,1H3,(H,19,20). The number of hydrogen-bond acceptors (Lipinski definition) is 2. The summed E-state index contributed by atoms with van der Waals surface area (Å²) >= 11 is 5.79. The molecule has 3 nitrogen and oxygen atoms in total. The second-order valence-electron chi connectivity index (χ2n) is 5.78. The van der Waals surface area contributed by atoms with E-state index in [1.54, 1.807) is 0 Å². The highest BCUT2D eigenvalue weighted by Gasteiger charge is 2.39. The van der Waals surface area contributed by atoms with Crippen molar-refractivity contribution >= 4 is 23.2 Å². The van der Waals surface area contributed by atoms with Gasteiger partial charge in [-0.25, -0.2) is 4.39 Å². The number of carbonyl (C=O) groups is 1. The largest absolute Gasteiger partial charge is 0.329 e. The molecule has 1 aromatic carbocycles. The first-order valence-corrected chi connectivity index (χ1v) is 7.30. The molecule has 0 aromatic heterocycles. The van der Waals surface area contributed by atoms with Gasteiger partial charge in [-0.1, -0.05) is 18.5 Å². The second-order valence-corrected chi connectivity index (χ2v) is 6.22. The normalized spacial score (nSPS) is 26.3. The number of rotatable bonds is 3. The molecule has 1 aliphatic rings. The first-order valence-electron chi connectivity index (χ1n) is 6.93. The maximum Gasteiger partial charge on any atom is 0.231 e. The zero-order chi connectivity index (χ0) is 14.8. The molecule has 3 N–H and O–H groups in total. The molecule has 0 unspecified atom stereocenters. The van der Waals surface area contributed by atoms with Gasteiger partial charge < -0.3 is 11.1 Å². The molecule has 1 aliphatic carbocycles. The fraction of sp³-hybridized carbons (Fsp3) is 0.533. The van der Waals surface area contributed by atoms with Crippen LogP contribution in [-0.4, -0.2) is 12.5 Å². The van der Waals surface area contributed by atoms with E-state index in [4.69, 9.17) is 17.3 Å². The number of carbonyl (C=O) groups excluding carboxylic acids is 1. The van der Waals surface area contributed by atoms with Crippen LogP contribution >= 0.6 is 11.6 Å². The van der Waals surface area contributed by atoms with Crippen molar-refractivity contribution in [1.29, 1.82) is 0 Å². The van der Waals surface area contributed by atoms with Gasteiger partial charge in [0, 0.05) is 17.3 Å². The van der Waals surface area contributed by atoms with Crippen molar-refractivity contribution in [3.63, 3.8) is 0 Å². The van der Waals surface area contributed by atoms with Gasteiger partial charge in [0.05, 0.1) is 5.41 Å². The van der Waals surface area contributed by atoms with Crippen LogP contribution in [0.3, 0.4) is 0 Å². The van der Waals surface area contributed by atoms with Gasteiger partial charge in [-0.2, -0.15) is 0 Å². The number of benzene rings is 1. The first kappa shape index (κ1) is 15.3. The van der Waals surface area contributed by atoms with Gasteiger partial charge in [-0.3, -0.25) is 4.79 Å². The number of amides is 1. The summed E-state index contributed by atoms with van der Waals surface area (Å²) in [4.78, 5) is 12.5. The van der Waals surface area contributed by atoms with Crippen LogP contribution < -0.4 is 11.1 Å². The predicted octanol–water partition coefficient (Wildman–Crippen LogP) is 3.57. The zero-order valence-corrected chi connectivity index (χ0v) is 12.3. The molecule has 110 valence electrons. The summed E-state index contributed by atoms with van der Waals surface area (Å²) in [6.07, 6.45) is 3.54. The number of halogens is 2. The lowest BCUT2D eigenvalue weighted by molar-refractivity contribution is -0.127. The Hall–Kier alpha value is -1.13. The van der Waals surface area contributed by atoms with Crippen LogP contribution in [-0.2, 0) is 4.79 Å². The molecule has 1 amide bonds. The Morgan fingerprint density at radius 2 is 2.10 bits per heavy atom. The smallest absolute Gasteiger partial charge is 0.231 e. The summed E-state index contributed by atoms with van der Waals surface area (Å²) in [6, 6.07) is 4.01. The monoisotopic (exact) mass is 298 g/mol. The van der Waals surface area contributed by atoms with E-state index in [9.17, 15) is 9.18 Å². The Morgan fingerprint density at radius 1 is 1.45 bits per heavy atom. The van der Waals surface area contributed by atoms with Gasteiger partial charge in [0.25, 0.3) is 0 Å². The predicted molar refractivity (Wildman–Crippen MR) is 79.2 cm³/mol. The van der Waals surface area contributed by atoms with E-state index < -0.39 is 11.2 Å². The number of anilines is 1. The molecule has 2 rings (SSSR count). The minimum Gasteiger partial charge on any atom is -0.329 e. The Kier molecular flexibility index (Phi) is 4.66. The third kappa shape index (κ3) is 3.30. The summed E-state index contributed by atoms with van der Waals surface area (Å²) in [5.41, 5.74) is 5.68. The van der Waals surface area contributed by atoms with Gasteiger partial charge in [0.2, 0.25) is 5.91 Å². The molecule has 20 heavy (non-hydrogen) atoms. The summed E-state index contributed by atoms with van der Waals surface area (Å²) in [7, 11) is 0. The molecule has 0 bridgehead atoms. The van der Waals surface area contributed by atoms with Crippen molar-refractivity contribution in [1.82, 2.24) is 0 Å². The maximum absolute atomic E-state index is 13.3. The SMILES string of the molecule is CC1CCC(CN)(C(=O)Nc2cc(F)cc(Cl)c2)CC1. The molecule has 0 radical (unpaired) electrons. The van der Waals surface area contributed by atoms with Gasteiger partial charge >= 0.3 is 0 Å². The number of nitrogens with two attached hydrogens (primary N) is 1. The average molecular weight is 299 g/mol. The second kappa shape index (κ2) is 6.10. The molecular formula is C15H20ClFN2O. The summed E-state index contributed by atoms with van der Waals surface area (Å²) in [6.45, 7) is 2.50. The van der Waals surface area contributed by atoms with Crippen LogP contribution in [0.2, 0.25) is 5.02 Å².